The molecule has 1 amide bonds. The molecule has 1 aliphatic heterocycles. The van der Waals surface area contributed by atoms with Crippen LogP contribution in [0.3, 0.4) is 0 Å². The molecule has 1 aromatic rings. The van der Waals surface area contributed by atoms with Crippen molar-refractivity contribution >= 4 is 5.91 Å². The number of benzene rings is 1. The molecule has 2 spiro atoms. The van der Waals surface area contributed by atoms with E-state index in [1.807, 2.05) is 30.3 Å². The lowest BCUT2D eigenvalue weighted by atomic mass is 9.41. The van der Waals surface area contributed by atoms with Crippen LogP contribution >= 0.6 is 0 Å². The van der Waals surface area contributed by atoms with Gasteiger partial charge in [-0.15, -0.1) is 0 Å². The van der Waals surface area contributed by atoms with Gasteiger partial charge in [-0.25, -0.2) is 0 Å². The quantitative estimate of drug-likeness (QED) is 0.479. The Kier molecular flexibility index (Phi) is 5.65. The molecule has 1 aromatic carbocycles. The third-order valence-electron chi connectivity index (χ3n) is 14.4. The summed E-state index contributed by atoms with van der Waals surface area (Å²) in [6.07, 6.45) is 7.17. The fraction of sp³-hybridized carbons (Fsp3) is 0.794. The smallest absolute Gasteiger partial charge is 0.249 e. The highest BCUT2D eigenvalue weighted by molar-refractivity contribution is 5.81. The molecular formula is C34H49NO4. The second-order valence-electron chi connectivity index (χ2n) is 15.7. The Labute approximate surface area is 234 Å². The van der Waals surface area contributed by atoms with Crippen molar-refractivity contribution in [3.8, 4) is 0 Å². The zero-order valence-electron chi connectivity index (χ0n) is 24.6. The van der Waals surface area contributed by atoms with Gasteiger partial charge in [0.25, 0.3) is 0 Å². The molecule has 0 bridgehead atoms. The Bertz CT molecular complexity index is 1150. The second-order valence-corrected chi connectivity index (χ2v) is 15.7. The number of aliphatic hydroxyl groups is 2. The minimum atomic E-state index is -0.557. The highest BCUT2D eigenvalue weighted by Crippen LogP contribution is 2.89. The summed E-state index contributed by atoms with van der Waals surface area (Å²) in [4.78, 5) is 13.3. The number of nitrogens with one attached hydrogen (secondary N) is 1. The normalized spacial score (nSPS) is 52.9. The van der Waals surface area contributed by atoms with E-state index in [1.165, 1.54) is 12.8 Å². The molecule has 12 atom stereocenters. The number of aliphatic hydroxyl groups excluding tert-OH is 2. The molecule has 5 heteroatoms. The molecule has 0 aromatic heterocycles. The molecule has 1 heterocycles. The third-order valence-corrected chi connectivity index (χ3v) is 14.4. The minimum Gasteiger partial charge on any atom is -0.393 e. The van der Waals surface area contributed by atoms with E-state index in [4.69, 9.17) is 4.74 Å². The van der Waals surface area contributed by atoms with Crippen molar-refractivity contribution in [2.45, 2.75) is 117 Å². The van der Waals surface area contributed by atoms with Crippen LogP contribution in [-0.4, -0.2) is 40.5 Å². The largest absolute Gasteiger partial charge is 0.393 e. The van der Waals surface area contributed by atoms with Crippen molar-refractivity contribution < 1.29 is 19.7 Å². The summed E-state index contributed by atoms with van der Waals surface area (Å²) in [5, 5.41) is 26.3. The number of carbonyl (C=O) groups excluding carboxylic acids is 1. The van der Waals surface area contributed by atoms with Gasteiger partial charge in [0, 0.05) is 12.0 Å². The third kappa shape index (κ3) is 3.16. The maximum Gasteiger partial charge on any atom is 0.249 e. The molecule has 6 aliphatic rings. The van der Waals surface area contributed by atoms with Gasteiger partial charge in [0.15, 0.2) is 0 Å². The van der Waals surface area contributed by atoms with E-state index in [0.717, 1.165) is 37.7 Å². The molecule has 5 nitrogen and oxygen atoms in total. The van der Waals surface area contributed by atoms with Gasteiger partial charge >= 0.3 is 0 Å². The number of hydrogen-bond acceptors (Lipinski definition) is 4. The van der Waals surface area contributed by atoms with Crippen LogP contribution in [0, 0.1) is 50.7 Å². The fourth-order valence-electron chi connectivity index (χ4n) is 12.4. The molecule has 7 rings (SSSR count). The van der Waals surface area contributed by atoms with E-state index in [2.05, 4.69) is 39.9 Å². The lowest BCUT2D eigenvalue weighted by molar-refractivity contribution is -0.182. The van der Waals surface area contributed by atoms with E-state index in [1.54, 1.807) is 0 Å². The van der Waals surface area contributed by atoms with Crippen LogP contribution in [0.15, 0.2) is 30.3 Å². The number of ether oxygens (including phenoxy) is 1. The Morgan fingerprint density at radius 2 is 1.67 bits per heavy atom. The van der Waals surface area contributed by atoms with Gasteiger partial charge in [-0.1, -0.05) is 65.0 Å². The van der Waals surface area contributed by atoms with Crippen molar-refractivity contribution in [3.63, 3.8) is 0 Å². The lowest BCUT2D eigenvalue weighted by Crippen LogP contribution is -2.59. The molecular weight excluding hydrogens is 486 g/mol. The highest BCUT2D eigenvalue weighted by Gasteiger charge is 2.84. The predicted molar refractivity (Wildman–Crippen MR) is 150 cm³/mol. The molecule has 1 saturated heterocycles. The average Bonchev–Trinajstić information content (AvgIpc) is 3.55. The topological polar surface area (TPSA) is 78.8 Å². The zero-order chi connectivity index (χ0) is 27.6. The van der Waals surface area contributed by atoms with Gasteiger partial charge in [-0.3, -0.25) is 4.79 Å². The Hall–Kier alpha value is -1.43. The van der Waals surface area contributed by atoms with Crippen molar-refractivity contribution in [2.24, 2.45) is 50.7 Å². The molecule has 39 heavy (non-hydrogen) atoms. The van der Waals surface area contributed by atoms with Crippen LogP contribution in [0.5, 0.6) is 0 Å². The van der Waals surface area contributed by atoms with Gasteiger partial charge in [0.1, 0.15) is 6.10 Å². The molecule has 0 radical (unpaired) electrons. The SMILES string of the molecule is C[C@@H]1CC(C(=O)NCc2ccccc2)OC2[C@H]1[C@@]1(C)CC[C@@]34C[C@@]35CCC(O)C(C)(C)[C@@H]5CCC4[C@]1(C)[C@H]2O. The van der Waals surface area contributed by atoms with Gasteiger partial charge in [-0.05, 0) is 102 Å². The fourth-order valence-corrected chi connectivity index (χ4v) is 12.4. The van der Waals surface area contributed by atoms with Crippen molar-refractivity contribution in [1.29, 1.82) is 0 Å². The standard InChI is InChI=1S/C34H49NO4/c1-20-17-22(29(38)35-18-21-9-7-6-8-10-21)39-27-26(20)31(4)15-16-34-19-33(34)14-13-25(36)30(2,3)23(33)11-12-24(34)32(31,5)28(27)37/h6-10,20,22-28,36-37H,11-19H2,1-5H3,(H,35,38)/t20-,22?,23+,24?,25?,26+,27?,28+,31-,32-,33-,34+/m1/s1. The van der Waals surface area contributed by atoms with E-state index in [-0.39, 0.29) is 40.3 Å². The first-order valence-corrected chi connectivity index (χ1v) is 15.8. The number of amides is 1. The van der Waals surface area contributed by atoms with E-state index >= 15 is 0 Å². The van der Waals surface area contributed by atoms with E-state index in [9.17, 15) is 15.0 Å². The average molecular weight is 536 g/mol. The molecule has 3 N–H and O–H groups in total. The lowest BCUT2D eigenvalue weighted by Gasteiger charge is -2.63. The van der Waals surface area contributed by atoms with Gasteiger partial charge in [0.05, 0.1) is 18.3 Å². The zero-order valence-corrected chi connectivity index (χ0v) is 24.6. The van der Waals surface area contributed by atoms with Crippen molar-refractivity contribution in [3.05, 3.63) is 35.9 Å². The van der Waals surface area contributed by atoms with E-state index < -0.39 is 12.2 Å². The summed E-state index contributed by atoms with van der Waals surface area (Å²) < 4.78 is 6.65. The maximum atomic E-state index is 13.3. The van der Waals surface area contributed by atoms with Crippen molar-refractivity contribution in [1.82, 2.24) is 5.32 Å². The molecule has 214 valence electrons. The minimum absolute atomic E-state index is 0.00177. The summed E-state index contributed by atoms with van der Waals surface area (Å²) >= 11 is 0. The van der Waals surface area contributed by atoms with Gasteiger partial charge in [0.2, 0.25) is 5.91 Å². The first kappa shape index (κ1) is 26.5. The van der Waals surface area contributed by atoms with Crippen LogP contribution in [-0.2, 0) is 16.1 Å². The molecule has 6 fully saturated rings. The number of rotatable bonds is 3. The number of carbonyl (C=O) groups is 1. The molecule has 5 saturated carbocycles. The summed E-state index contributed by atoms with van der Waals surface area (Å²) in [6, 6.07) is 10.0. The highest BCUT2D eigenvalue weighted by atomic mass is 16.5. The summed E-state index contributed by atoms with van der Waals surface area (Å²) in [6.45, 7) is 12.3. The second kappa shape index (κ2) is 8.32. The monoisotopic (exact) mass is 535 g/mol. The number of hydrogen-bond donors (Lipinski definition) is 3. The summed E-state index contributed by atoms with van der Waals surface area (Å²) in [5.74, 6) is 1.59. The Balaban J connectivity index is 1.16. The molecule has 4 unspecified atom stereocenters. The van der Waals surface area contributed by atoms with Crippen LogP contribution in [0.1, 0.15) is 91.5 Å². The molecule has 5 aliphatic carbocycles. The summed E-state index contributed by atoms with van der Waals surface area (Å²) in [5.41, 5.74) is 1.46. The van der Waals surface area contributed by atoms with Crippen molar-refractivity contribution in [2.75, 3.05) is 0 Å². The van der Waals surface area contributed by atoms with Crippen LogP contribution < -0.4 is 5.32 Å². The van der Waals surface area contributed by atoms with E-state index in [0.29, 0.717) is 41.5 Å². The maximum absolute atomic E-state index is 13.3. The van der Waals surface area contributed by atoms with Crippen LogP contribution in [0.4, 0.5) is 0 Å². The van der Waals surface area contributed by atoms with Gasteiger partial charge < -0.3 is 20.3 Å². The van der Waals surface area contributed by atoms with Crippen LogP contribution in [0.25, 0.3) is 0 Å². The van der Waals surface area contributed by atoms with Gasteiger partial charge in [-0.2, -0.15) is 0 Å². The Morgan fingerprint density at radius 3 is 2.41 bits per heavy atom. The first-order chi connectivity index (χ1) is 18.4. The summed E-state index contributed by atoms with van der Waals surface area (Å²) in [7, 11) is 0. The first-order valence-electron chi connectivity index (χ1n) is 15.8. The predicted octanol–water partition coefficient (Wildman–Crippen LogP) is 5.48. The van der Waals surface area contributed by atoms with Crippen LogP contribution in [0.2, 0.25) is 0 Å². The Morgan fingerprint density at radius 1 is 0.974 bits per heavy atom. The number of fused-ring (bicyclic) bond motifs is 4.